The normalized spacial score (nSPS) is 13.0. The number of carbonyl (C=O) groups excluding carboxylic acids is 2. The summed E-state index contributed by atoms with van der Waals surface area (Å²) in [6, 6.07) is 8.35. The molecule has 0 unspecified atom stereocenters. The van der Waals surface area contributed by atoms with Crippen molar-refractivity contribution < 1.29 is 19.1 Å². The van der Waals surface area contributed by atoms with Gasteiger partial charge in [0.15, 0.2) is 0 Å². The Hall–Kier alpha value is -2.73. The summed E-state index contributed by atoms with van der Waals surface area (Å²) < 4.78 is 10.6. The maximum atomic E-state index is 12.6. The van der Waals surface area contributed by atoms with Gasteiger partial charge < -0.3 is 20.1 Å². The number of hydrogen-bond acceptors (Lipinski definition) is 4. The third-order valence-corrected chi connectivity index (χ3v) is 4.71. The fourth-order valence-corrected chi connectivity index (χ4v) is 2.95. The first-order valence-electron chi connectivity index (χ1n) is 8.57. The van der Waals surface area contributed by atoms with Crippen molar-refractivity contribution in [3.05, 3.63) is 52.0 Å². The molecule has 27 heavy (non-hydrogen) atoms. The number of ether oxygens (including phenoxy) is 2. The number of benzene rings is 2. The van der Waals surface area contributed by atoms with Gasteiger partial charge in [0.05, 0.1) is 24.8 Å². The fourth-order valence-electron chi connectivity index (χ4n) is 2.69. The first kappa shape index (κ1) is 19.0. The SMILES string of the molecule is COc1cc(C(=O)Nc2ccc(C(=O)NC3CC3)c(Cl)c2)cc(OC)c1C. The molecule has 0 atom stereocenters. The highest BCUT2D eigenvalue weighted by Gasteiger charge is 2.24. The van der Waals surface area contributed by atoms with Gasteiger partial charge in [-0.3, -0.25) is 9.59 Å². The van der Waals surface area contributed by atoms with Crippen LogP contribution >= 0.6 is 11.6 Å². The molecule has 2 amide bonds. The van der Waals surface area contributed by atoms with Crippen molar-refractivity contribution in [1.29, 1.82) is 0 Å². The summed E-state index contributed by atoms with van der Waals surface area (Å²) in [6.07, 6.45) is 2.00. The first-order valence-corrected chi connectivity index (χ1v) is 8.95. The minimum absolute atomic E-state index is 0.201. The Kier molecular flexibility index (Phi) is 5.56. The van der Waals surface area contributed by atoms with Crippen LogP contribution in [-0.2, 0) is 0 Å². The zero-order valence-corrected chi connectivity index (χ0v) is 16.1. The van der Waals surface area contributed by atoms with Crippen LogP contribution in [0.15, 0.2) is 30.3 Å². The second-order valence-corrected chi connectivity index (χ2v) is 6.81. The van der Waals surface area contributed by atoms with Crippen LogP contribution in [-0.4, -0.2) is 32.1 Å². The number of hydrogen-bond donors (Lipinski definition) is 2. The molecule has 0 radical (unpaired) electrons. The van der Waals surface area contributed by atoms with E-state index in [0.717, 1.165) is 18.4 Å². The lowest BCUT2D eigenvalue weighted by molar-refractivity contribution is 0.0950. The van der Waals surface area contributed by atoms with E-state index in [4.69, 9.17) is 21.1 Å². The van der Waals surface area contributed by atoms with E-state index in [9.17, 15) is 9.59 Å². The van der Waals surface area contributed by atoms with Crippen LogP contribution in [0.2, 0.25) is 5.02 Å². The molecule has 1 aliphatic rings. The second kappa shape index (κ2) is 7.88. The Morgan fingerprint density at radius 1 is 1.04 bits per heavy atom. The average molecular weight is 389 g/mol. The Bertz CT molecular complexity index is 869. The second-order valence-electron chi connectivity index (χ2n) is 6.40. The van der Waals surface area contributed by atoms with E-state index in [1.54, 1.807) is 30.3 Å². The number of halogens is 1. The van der Waals surface area contributed by atoms with E-state index in [0.29, 0.717) is 28.3 Å². The van der Waals surface area contributed by atoms with Crippen LogP contribution in [0.5, 0.6) is 11.5 Å². The molecule has 0 saturated heterocycles. The highest BCUT2D eigenvalue weighted by molar-refractivity contribution is 6.34. The van der Waals surface area contributed by atoms with Crippen molar-refractivity contribution in [2.24, 2.45) is 0 Å². The van der Waals surface area contributed by atoms with Crippen LogP contribution in [0.3, 0.4) is 0 Å². The summed E-state index contributed by atoms with van der Waals surface area (Å²) in [4.78, 5) is 24.7. The Balaban J connectivity index is 1.77. The fraction of sp³-hybridized carbons (Fsp3) is 0.300. The number of amides is 2. The molecule has 2 N–H and O–H groups in total. The van der Waals surface area contributed by atoms with Gasteiger partial charge in [0.2, 0.25) is 0 Å². The van der Waals surface area contributed by atoms with E-state index >= 15 is 0 Å². The van der Waals surface area contributed by atoms with Crippen LogP contribution in [0.25, 0.3) is 0 Å². The molecule has 0 bridgehead atoms. The summed E-state index contributed by atoms with van der Waals surface area (Å²) in [5.74, 6) is 0.584. The summed E-state index contributed by atoms with van der Waals surface area (Å²) in [5.41, 5.74) is 2.08. The van der Waals surface area contributed by atoms with Gasteiger partial charge in [-0.15, -0.1) is 0 Å². The molecule has 0 aromatic heterocycles. The van der Waals surface area contributed by atoms with Gasteiger partial charge >= 0.3 is 0 Å². The van der Waals surface area contributed by atoms with E-state index in [1.807, 2.05) is 6.92 Å². The number of methoxy groups -OCH3 is 2. The lowest BCUT2D eigenvalue weighted by atomic mass is 10.1. The summed E-state index contributed by atoms with van der Waals surface area (Å²) in [7, 11) is 3.07. The molecule has 6 nitrogen and oxygen atoms in total. The summed E-state index contributed by atoms with van der Waals surface area (Å²) in [5, 5.41) is 5.95. The van der Waals surface area contributed by atoms with E-state index in [1.165, 1.54) is 14.2 Å². The van der Waals surface area contributed by atoms with E-state index in [-0.39, 0.29) is 22.9 Å². The average Bonchev–Trinajstić information content (AvgIpc) is 3.45. The Morgan fingerprint density at radius 2 is 1.67 bits per heavy atom. The number of nitrogens with one attached hydrogen (secondary N) is 2. The third-order valence-electron chi connectivity index (χ3n) is 4.40. The van der Waals surface area contributed by atoms with Gasteiger partial charge in [0, 0.05) is 22.9 Å². The number of anilines is 1. The molecule has 3 rings (SSSR count). The standard InChI is InChI=1S/C20H21ClN2O4/c1-11-17(26-2)8-12(9-18(11)27-3)19(24)23-14-6-7-15(16(21)10-14)20(25)22-13-4-5-13/h6-10,13H,4-5H2,1-3H3,(H,22,25)(H,23,24). The molecule has 1 aliphatic carbocycles. The van der Waals surface area contributed by atoms with Crippen LogP contribution in [0.1, 0.15) is 39.1 Å². The monoisotopic (exact) mass is 388 g/mol. The molecule has 1 fully saturated rings. The summed E-state index contributed by atoms with van der Waals surface area (Å²) in [6.45, 7) is 1.85. The number of rotatable bonds is 6. The first-order chi connectivity index (χ1) is 12.9. The van der Waals surface area contributed by atoms with Crippen molar-refractivity contribution in [2.45, 2.75) is 25.8 Å². The molecular weight excluding hydrogens is 368 g/mol. The zero-order valence-electron chi connectivity index (χ0n) is 15.4. The van der Waals surface area contributed by atoms with E-state index < -0.39 is 0 Å². The zero-order chi connectivity index (χ0) is 19.6. The maximum Gasteiger partial charge on any atom is 0.255 e. The highest BCUT2D eigenvalue weighted by Crippen LogP contribution is 2.30. The van der Waals surface area contributed by atoms with Gasteiger partial charge in [0.25, 0.3) is 11.8 Å². The van der Waals surface area contributed by atoms with Crippen LogP contribution in [0.4, 0.5) is 5.69 Å². The molecule has 2 aromatic rings. The Morgan fingerprint density at radius 3 is 2.19 bits per heavy atom. The van der Waals surface area contributed by atoms with Crippen LogP contribution in [0, 0.1) is 6.92 Å². The van der Waals surface area contributed by atoms with Crippen molar-refractivity contribution in [3.8, 4) is 11.5 Å². The predicted molar refractivity (Wildman–Crippen MR) is 104 cm³/mol. The smallest absolute Gasteiger partial charge is 0.255 e. The van der Waals surface area contributed by atoms with Gasteiger partial charge in [-0.1, -0.05) is 11.6 Å². The van der Waals surface area contributed by atoms with Crippen LogP contribution < -0.4 is 20.1 Å². The number of carbonyl (C=O) groups is 2. The lowest BCUT2D eigenvalue weighted by Gasteiger charge is -2.13. The predicted octanol–water partition coefficient (Wildman–Crippen LogP) is 3.81. The molecule has 1 saturated carbocycles. The van der Waals surface area contributed by atoms with Gasteiger partial charge in [-0.05, 0) is 50.1 Å². The molecular formula is C20H21ClN2O4. The maximum absolute atomic E-state index is 12.6. The third kappa shape index (κ3) is 4.34. The topological polar surface area (TPSA) is 76.7 Å². The van der Waals surface area contributed by atoms with Crippen molar-refractivity contribution in [1.82, 2.24) is 5.32 Å². The Labute approximate surface area is 162 Å². The minimum atomic E-state index is -0.335. The summed E-state index contributed by atoms with van der Waals surface area (Å²) >= 11 is 6.22. The van der Waals surface area contributed by atoms with Gasteiger partial charge in [-0.2, -0.15) is 0 Å². The molecule has 0 heterocycles. The largest absolute Gasteiger partial charge is 0.496 e. The highest BCUT2D eigenvalue weighted by atomic mass is 35.5. The van der Waals surface area contributed by atoms with E-state index in [2.05, 4.69) is 10.6 Å². The molecule has 7 heteroatoms. The van der Waals surface area contributed by atoms with Gasteiger partial charge in [0.1, 0.15) is 11.5 Å². The lowest BCUT2D eigenvalue weighted by Crippen LogP contribution is -2.25. The molecule has 142 valence electrons. The van der Waals surface area contributed by atoms with Crippen molar-refractivity contribution >= 4 is 29.1 Å². The minimum Gasteiger partial charge on any atom is -0.496 e. The van der Waals surface area contributed by atoms with Crippen molar-refractivity contribution in [2.75, 3.05) is 19.5 Å². The molecule has 0 aliphatic heterocycles. The van der Waals surface area contributed by atoms with Crippen molar-refractivity contribution in [3.63, 3.8) is 0 Å². The van der Waals surface area contributed by atoms with Gasteiger partial charge in [-0.25, -0.2) is 0 Å². The molecule has 2 aromatic carbocycles. The molecule has 0 spiro atoms. The quantitative estimate of drug-likeness (QED) is 0.788.